The van der Waals surface area contributed by atoms with Crippen LogP contribution in [-0.4, -0.2) is 42.5 Å². The number of carbonyl (C=O) groups excluding carboxylic acids is 1. The first-order valence-electron chi connectivity index (χ1n) is 10.1. The van der Waals surface area contributed by atoms with Crippen LogP contribution in [0.15, 0.2) is 18.2 Å². The number of rotatable bonds is 5. The highest BCUT2D eigenvalue weighted by atomic mass is 19.1. The summed E-state index contributed by atoms with van der Waals surface area (Å²) in [4.78, 5) is 15.9. The van der Waals surface area contributed by atoms with Gasteiger partial charge in [0.2, 0.25) is 5.91 Å². The summed E-state index contributed by atoms with van der Waals surface area (Å²) in [6.45, 7) is 8.85. The summed E-state index contributed by atoms with van der Waals surface area (Å²) in [5, 5.41) is 3.45. The fraction of sp³-hybridized carbons (Fsp3) is 0.667. The quantitative estimate of drug-likeness (QED) is 0.851. The van der Waals surface area contributed by atoms with Crippen molar-refractivity contribution in [3.8, 4) is 0 Å². The predicted octanol–water partition coefficient (Wildman–Crippen LogP) is 4.26. The second-order valence-electron chi connectivity index (χ2n) is 7.97. The maximum atomic E-state index is 14.8. The van der Waals surface area contributed by atoms with Gasteiger partial charge in [-0.1, -0.05) is 20.8 Å². The van der Waals surface area contributed by atoms with Crippen molar-refractivity contribution in [2.75, 3.05) is 29.9 Å². The summed E-state index contributed by atoms with van der Waals surface area (Å²) >= 11 is 0. The monoisotopic (exact) mass is 361 g/mol. The van der Waals surface area contributed by atoms with Gasteiger partial charge in [-0.2, -0.15) is 0 Å². The lowest BCUT2D eigenvalue weighted by atomic mass is 10.0. The predicted molar refractivity (Wildman–Crippen MR) is 105 cm³/mol. The van der Waals surface area contributed by atoms with Crippen LogP contribution in [0.1, 0.15) is 52.9 Å². The molecule has 3 rings (SSSR count). The molecule has 0 radical (unpaired) electrons. The number of piperidine rings is 1. The summed E-state index contributed by atoms with van der Waals surface area (Å²) in [6.07, 6.45) is 4.68. The van der Waals surface area contributed by atoms with Gasteiger partial charge < -0.3 is 15.1 Å². The molecule has 2 fully saturated rings. The molecule has 0 bridgehead atoms. The molecule has 1 aromatic carbocycles. The number of nitrogens with zero attached hydrogens (tertiary/aromatic N) is 2. The Balaban J connectivity index is 1.61. The Morgan fingerprint density at radius 3 is 2.58 bits per heavy atom. The van der Waals surface area contributed by atoms with E-state index in [2.05, 4.69) is 24.1 Å². The maximum Gasteiger partial charge on any atom is 0.222 e. The van der Waals surface area contributed by atoms with Gasteiger partial charge in [-0.25, -0.2) is 4.39 Å². The van der Waals surface area contributed by atoms with E-state index >= 15 is 0 Å². The zero-order valence-electron chi connectivity index (χ0n) is 16.3. The Morgan fingerprint density at radius 2 is 1.96 bits per heavy atom. The van der Waals surface area contributed by atoms with Crippen LogP contribution in [0.25, 0.3) is 0 Å². The Bertz CT molecular complexity index is 626. The lowest BCUT2D eigenvalue weighted by Gasteiger charge is -2.33. The number of likely N-dealkylation sites (tertiary alicyclic amines) is 1. The molecule has 2 aliphatic heterocycles. The molecule has 1 atom stereocenters. The fourth-order valence-corrected chi connectivity index (χ4v) is 4.35. The van der Waals surface area contributed by atoms with Crippen LogP contribution in [0.5, 0.6) is 0 Å². The van der Waals surface area contributed by atoms with Crippen LogP contribution in [0.3, 0.4) is 0 Å². The lowest BCUT2D eigenvalue weighted by molar-refractivity contribution is -0.131. The van der Waals surface area contributed by atoms with Gasteiger partial charge in [-0.3, -0.25) is 4.79 Å². The van der Waals surface area contributed by atoms with E-state index in [1.165, 1.54) is 0 Å². The minimum atomic E-state index is -0.138. The summed E-state index contributed by atoms with van der Waals surface area (Å²) in [5.41, 5.74) is 1.57. The lowest BCUT2D eigenvalue weighted by Crippen LogP contribution is -2.42. The summed E-state index contributed by atoms with van der Waals surface area (Å²) < 4.78 is 14.8. The van der Waals surface area contributed by atoms with Crippen molar-refractivity contribution < 1.29 is 9.18 Å². The smallest absolute Gasteiger partial charge is 0.222 e. The molecule has 0 aromatic heterocycles. The minimum Gasteiger partial charge on any atom is -0.382 e. The van der Waals surface area contributed by atoms with E-state index in [1.807, 2.05) is 24.0 Å². The fourth-order valence-electron chi connectivity index (χ4n) is 4.35. The molecule has 0 unspecified atom stereocenters. The third-order valence-corrected chi connectivity index (χ3v) is 5.85. The third kappa shape index (κ3) is 4.13. The number of halogens is 1. The first kappa shape index (κ1) is 19.0. The zero-order chi connectivity index (χ0) is 18.7. The van der Waals surface area contributed by atoms with E-state index in [0.717, 1.165) is 56.7 Å². The molecule has 26 heavy (non-hydrogen) atoms. The van der Waals surface area contributed by atoms with E-state index in [4.69, 9.17) is 0 Å². The third-order valence-electron chi connectivity index (χ3n) is 5.85. The highest BCUT2D eigenvalue weighted by Crippen LogP contribution is 2.33. The second-order valence-corrected chi connectivity index (χ2v) is 7.97. The molecule has 5 heteroatoms. The molecular formula is C21H32FN3O. The second kappa shape index (κ2) is 8.28. The van der Waals surface area contributed by atoms with E-state index in [1.54, 1.807) is 6.07 Å². The number of amides is 1. The Hall–Kier alpha value is -1.78. The first-order valence-corrected chi connectivity index (χ1v) is 10.1. The molecular weight excluding hydrogens is 329 g/mol. The minimum absolute atomic E-state index is 0.138. The van der Waals surface area contributed by atoms with Gasteiger partial charge >= 0.3 is 0 Å². The number of hydrogen-bond donors (Lipinski definition) is 1. The van der Waals surface area contributed by atoms with Crippen LogP contribution in [0, 0.1) is 11.7 Å². The highest BCUT2D eigenvalue weighted by Gasteiger charge is 2.29. The number of carbonyl (C=O) groups is 1. The van der Waals surface area contributed by atoms with Crippen molar-refractivity contribution in [3.05, 3.63) is 24.0 Å². The van der Waals surface area contributed by atoms with Crippen molar-refractivity contribution in [2.45, 2.75) is 65.0 Å². The molecule has 0 aliphatic carbocycles. The Morgan fingerprint density at radius 1 is 1.23 bits per heavy atom. The number of anilines is 2. The zero-order valence-corrected chi connectivity index (χ0v) is 16.3. The van der Waals surface area contributed by atoms with Gasteiger partial charge in [-0.15, -0.1) is 0 Å². The van der Waals surface area contributed by atoms with Crippen LogP contribution in [0.2, 0.25) is 0 Å². The number of benzene rings is 1. The first-order chi connectivity index (χ1) is 12.5. The van der Waals surface area contributed by atoms with Crippen molar-refractivity contribution in [2.24, 2.45) is 5.92 Å². The molecule has 1 aromatic rings. The number of nitrogens with one attached hydrogen (secondary N) is 1. The van der Waals surface area contributed by atoms with Gasteiger partial charge in [0.1, 0.15) is 5.82 Å². The largest absolute Gasteiger partial charge is 0.382 e. The van der Waals surface area contributed by atoms with E-state index in [9.17, 15) is 9.18 Å². The Labute approximate surface area is 156 Å². The standard InChI is InChI=1S/C21H32FN3O/c1-4-21(26)24-12-9-16(10-13-24)23-17-7-8-20(18(22)14-17)25-11-5-6-19(25)15(2)3/h7-8,14-16,19,23H,4-6,9-13H2,1-3H3/t19-/m0/s1. The molecule has 0 spiro atoms. The van der Waals surface area contributed by atoms with E-state index in [0.29, 0.717) is 24.4 Å². The van der Waals surface area contributed by atoms with Crippen LogP contribution >= 0.6 is 0 Å². The molecule has 0 saturated carbocycles. The van der Waals surface area contributed by atoms with Gasteiger partial charge in [-0.05, 0) is 49.8 Å². The molecule has 2 heterocycles. The average Bonchev–Trinajstić information content (AvgIpc) is 3.11. The van der Waals surface area contributed by atoms with Gasteiger partial charge in [0, 0.05) is 43.8 Å². The number of hydrogen-bond acceptors (Lipinski definition) is 3. The molecule has 1 amide bonds. The molecule has 144 valence electrons. The van der Waals surface area contributed by atoms with Crippen LogP contribution in [0.4, 0.5) is 15.8 Å². The summed E-state index contributed by atoms with van der Waals surface area (Å²) in [5.74, 6) is 0.621. The van der Waals surface area contributed by atoms with Crippen LogP contribution < -0.4 is 10.2 Å². The summed E-state index contributed by atoms with van der Waals surface area (Å²) in [7, 11) is 0. The SMILES string of the molecule is CCC(=O)N1CCC(Nc2ccc(N3CCC[C@H]3C(C)C)c(F)c2)CC1. The van der Waals surface area contributed by atoms with E-state index in [-0.39, 0.29) is 11.7 Å². The maximum absolute atomic E-state index is 14.8. The molecule has 2 aliphatic rings. The van der Waals surface area contributed by atoms with Gasteiger partial charge in [0.15, 0.2) is 0 Å². The van der Waals surface area contributed by atoms with Crippen molar-refractivity contribution in [1.29, 1.82) is 0 Å². The normalized spacial score (nSPS) is 21.5. The molecule has 4 nitrogen and oxygen atoms in total. The summed E-state index contributed by atoms with van der Waals surface area (Å²) in [6, 6.07) is 6.29. The average molecular weight is 362 g/mol. The van der Waals surface area contributed by atoms with Crippen molar-refractivity contribution in [3.63, 3.8) is 0 Å². The molecule has 1 N–H and O–H groups in total. The van der Waals surface area contributed by atoms with Gasteiger partial charge in [0.25, 0.3) is 0 Å². The molecule has 2 saturated heterocycles. The van der Waals surface area contributed by atoms with E-state index < -0.39 is 0 Å². The Kier molecular flexibility index (Phi) is 6.05. The highest BCUT2D eigenvalue weighted by molar-refractivity contribution is 5.75. The topological polar surface area (TPSA) is 35.6 Å². The van der Waals surface area contributed by atoms with Gasteiger partial charge in [0.05, 0.1) is 5.69 Å². The van der Waals surface area contributed by atoms with Crippen molar-refractivity contribution in [1.82, 2.24) is 4.90 Å². The van der Waals surface area contributed by atoms with Crippen LogP contribution in [-0.2, 0) is 4.79 Å². The van der Waals surface area contributed by atoms with Crippen molar-refractivity contribution >= 4 is 17.3 Å².